The monoisotopic (exact) mass is 352 g/mol. The Bertz CT molecular complexity index is 974. The maximum absolute atomic E-state index is 13.4. The van der Waals surface area contributed by atoms with E-state index in [9.17, 15) is 18.8 Å². The van der Waals surface area contributed by atoms with Crippen LogP contribution in [0, 0.1) is 39.8 Å². The van der Waals surface area contributed by atoms with Gasteiger partial charge in [0.15, 0.2) is 0 Å². The highest BCUT2D eigenvalue weighted by molar-refractivity contribution is 6.18. The maximum atomic E-state index is 13.4. The van der Waals surface area contributed by atoms with Crippen molar-refractivity contribution in [3.63, 3.8) is 0 Å². The Hall–Kier alpha value is -2.50. The zero-order valence-electron chi connectivity index (χ0n) is 14.2. The summed E-state index contributed by atoms with van der Waals surface area (Å²) in [5.74, 6) is -0.745. The summed E-state index contributed by atoms with van der Waals surface area (Å²) < 4.78 is 13.4. The normalized spacial score (nSPS) is 45.9. The van der Waals surface area contributed by atoms with Crippen LogP contribution in [0.4, 0.5) is 4.39 Å². The number of fused-ring (bicyclic) bond motifs is 2. The van der Waals surface area contributed by atoms with Crippen molar-refractivity contribution in [1.82, 2.24) is 10.4 Å². The molecule has 6 heteroatoms. The molecule has 6 atom stereocenters. The number of hydrogen-bond acceptors (Lipinski definition) is 3. The molecule has 26 heavy (non-hydrogen) atoms. The standard InChI is InChI=1S/C20H17FN2O3/c1-18-16(25)23(22-15(24)10-4-2-5-11(21)8-10)17(26)20(18)13-6-3-7-19(18,20)14-9-12(13)14/h2-6,8,12-14H,7,9H2,1H3,(H,22,24)/t12?,13?,14?,18-,19?,20+/m0/s1. The number of imide groups is 1. The van der Waals surface area contributed by atoms with Gasteiger partial charge in [0.1, 0.15) is 5.82 Å². The van der Waals surface area contributed by atoms with E-state index in [1.54, 1.807) is 0 Å². The number of allylic oxidation sites excluding steroid dienone is 2. The molecular weight excluding hydrogens is 335 g/mol. The van der Waals surface area contributed by atoms with E-state index in [-0.39, 0.29) is 28.7 Å². The summed E-state index contributed by atoms with van der Waals surface area (Å²) in [6.07, 6.45) is 6.11. The molecule has 1 spiro atoms. The van der Waals surface area contributed by atoms with Crippen molar-refractivity contribution in [3.05, 3.63) is 47.8 Å². The first-order chi connectivity index (χ1) is 12.4. The molecule has 4 aliphatic carbocycles. The second kappa shape index (κ2) is 3.92. The van der Waals surface area contributed by atoms with Crippen LogP contribution in [0.3, 0.4) is 0 Å². The van der Waals surface area contributed by atoms with Crippen LogP contribution in [-0.2, 0) is 9.59 Å². The molecule has 2 bridgehead atoms. The third kappa shape index (κ3) is 1.13. The second-order valence-corrected chi connectivity index (χ2v) is 8.47. The molecule has 6 rings (SSSR count). The zero-order chi connectivity index (χ0) is 18.1. The van der Waals surface area contributed by atoms with Gasteiger partial charge in [-0.15, -0.1) is 0 Å². The van der Waals surface area contributed by atoms with Gasteiger partial charge < -0.3 is 0 Å². The molecule has 1 aliphatic heterocycles. The zero-order valence-corrected chi connectivity index (χ0v) is 14.2. The first-order valence-corrected chi connectivity index (χ1v) is 9.03. The summed E-state index contributed by atoms with van der Waals surface area (Å²) in [6.45, 7) is 1.90. The molecule has 4 fully saturated rings. The minimum Gasteiger partial charge on any atom is -0.272 e. The van der Waals surface area contributed by atoms with Crippen LogP contribution in [-0.4, -0.2) is 22.7 Å². The number of carbonyl (C=O) groups is 3. The number of hydrazine groups is 1. The Morgan fingerprint density at radius 3 is 2.88 bits per heavy atom. The molecule has 0 radical (unpaired) electrons. The van der Waals surface area contributed by atoms with Gasteiger partial charge in [0.2, 0.25) is 0 Å². The number of halogens is 1. The molecule has 1 N–H and O–H groups in total. The molecule has 132 valence electrons. The fourth-order valence-corrected chi connectivity index (χ4v) is 7.15. The van der Waals surface area contributed by atoms with Crippen molar-refractivity contribution in [1.29, 1.82) is 0 Å². The fourth-order valence-electron chi connectivity index (χ4n) is 7.15. The van der Waals surface area contributed by atoms with Crippen molar-refractivity contribution < 1.29 is 18.8 Å². The number of piperidine rings is 1. The molecule has 4 unspecified atom stereocenters. The van der Waals surface area contributed by atoms with E-state index in [2.05, 4.69) is 17.6 Å². The van der Waals surface area contributed by atoms with E-state index < -0.39 is 22.6 Å². The fraction of sp³-hybridized carbons (Fsp3) is 0.450. The lowest BCUT2D eigenvalue weighted by molar-refractivity contribution is -0.150. The molecule has 1 saturated heterocycles. The largest absolute Gasteiger partial charge is 0.272 e. The summed E-state index contributed by atoms with van der Waals surface area (Å²) in [7, 11) is 0. The summed E-state index contributed by atoms with van der Waals surface area (Å²) in [6, 6.07) is 5.20. The minimum atomic E-state index is -0.738. The van der Waals surface area contributed by atoms with Crippen LogP contribution in [0.2, 0.25) is 0 Å². The molecule has 5 nitrogen and oxygen atoms in total. The van der Waals surface area contributed by atoms with Gasteiger partial charge in [0.25, 0.3) is 17.7 Å². The third-order valence-electron chi connectivity index (χ3n) is 8.01. The third-order valence-corrected chi connectivity index (χ3v) is 8.01. The molecule has 3 amide bonds. The van der Waals surface area contributed by atoms with Crippen molar-refractivity contribution in [2.75, 3.05) is 0 Å². The number of amides is 3. The summed E-state index contributed by atoms with van der Waals surface area (Å²) >= 11 is 0. The lowest BCUT2D eigenvalue weighted by Crippen LogP contribution is -2.52. The van der Waals surface area contributed by atoms with E-state index in [1.165, 1.54) is 18.2 Å². The van der Waals surface area contributed by atoms with Gasteiger partial charge in [0.05, 0.1) is 10.8 Å². The number of carbonyl (C=O) groups excluding carboxylic acids is 3. The lowest BCUT2D eigenvalue weighted by Gasteiger charge is -2.31. The Morgan fingerprint density at radius 2 is 2.12 bits per heavy atom. The maximum Gasteiger partial charge on any atom is 0.270 e. The van der Waals surface area contributed by atoms with Gasteiger partial charge in [0, 0.05) is 11.0 Å². The highest BCUT2D eigenvalue weighted by Gasteiger charge is 3.04. The van der Waals surface area contributed by atoms with Crippen molar-refractivity contribution in [3.8, 4) is 0 Å². The van der Waals surface area contributed by atoms with E-state index in [0.29, 0.717) is 11.8 Å². The molecule has 5 aliphatic rings. The van der Waals surface area contributed by atoms with Crippen LogP contribution in [0.25, 0.3) is 0 Å². The number of rotatable bonds is 2. The molecule has 1 heterocycles. The van der Waals surface area contributed by atoms with Gasteiger partial charge >= 0.3 is 0 Å². The summed E-state index contributed by atoms with van der Waals surface area (Å²) in [5, 5.41) is 0.905. The van der Waals surface area contributed by atoms with Gasteiger partial charge in [-0.05, 0) is 55.7 Å². The average molecular weight is 352 g/mol. The Kier molecular flexibility index (Phi) is 2.21. The smallest absolute Gasteiger partial charge is 0.270 e. The van der Waals surface area contributed by atoms with Crippen LogP contribution in [0.1, 0.15) is 30.1 Å². The Labute approximate surface area is 149 Å². The van der Waals surface area contributed by atoms with Gasteiger partial charge in [-0.25, -0.2) is 4.39 Å². The predicted octanol–water partition coefficient (Wildman–Crippen LogP) is 2.06. The molecule has 1 aromatic rings. The Balaban J connectivity index is 1.37. The van der Waals surface area contributed by atoms with Crippen LogP contribution in [0.5, 0.6) is 0 Å². The quantitative estimate of drug-likeness (QED) is 0.654. The number of benzene rings is 1. The van der Waals surface area contributed by atoms with Crippen LogP contribution < -0.4 is 5.43 Å². The SMILES string of the molecule is C[C@@]12C(=O)N(NC(=O)c3cccc(F)c3)C(=O)[C@]13C1C=CCC23C2CC21. The average Bonchev–Trinajstić information content (AvgIpc) is 3.48. The second-order valence-electron chi connectivity index (χ2n) is 8.47. The van der Waals surface area contributed by atoms with E-state index in [1.807, 2.05) is 6.92 Å². The van der Waals surface area contributed by atoms with Crippen molar-refractivity contribution in [2.24, 2.45) is 34.0 Å². The minimum absolute atomic E-state index is 0.0814. The highest BCUT2D eigenvalue weighted by Crippen LogP contribution is 2.99. The van der Waals surface area contributed by atoms with Gasteiger partial charge in [-0.3, -0.25) is 19.8 Å². The summed E-state index contributed by atoms with van der Waals surface area (Å²) in [4.78, 5) is 39.0. The van der Waals surface area contributed by atoms with E-state index in [4.69, 9.17) is 0 Å². The molecule has 1 aromatic carbocycles. The Morgan fingerprint density at radius 1 is 1.31 bits per heavy atom. The van der Waals surface area contributed by atoms with E-state index in [0.717, 1.165) is 23.9 Å². The van der Waals surface area contributed by atoms with Gasteiger partial charge in [-0.2, -0.15) is 5.01 Å². The predicted molar refractivity (Wildman–Crippen MR) is 87.5 cm³/mol. The first-order valence-electron chi connectivity index (χ1n) is 9.03. The molecule has 0 aromatic heterocycles. The topological polar surface area (TPSA) is 66.5 Å². The van der Waals surface area contributed by atoms with Crippen LogP contribution >= 0.6 is 0 Å². The van der Waals surface area contributed by atoms with E-state index >= 15 is 0 Å². The highest BCUT2D eigenvalue weighted by atomic mass is 19.1. The number of nitrogens with zero attached hydrogens (tertiary/aromatic N) is 1. The van der Waals surface area contributed by atoms with Crippen LogP contribution in [0.15, 0.2) is 36.4 Å². The molecule has 3 saturated carbocycles. The van der Waals surface area contributed by atoms with Gasteiger partial charge in [-0.1, -0.05) is 18.2 Å². The van der Waals surface area contributed by atoms with Crippen molar-refractivity contribution >= 4 is 17.7 Å². The summed E-state index contributed by atoms with van der Waals surface area (Å²) in [5.41, 5.74) is 0.841. The lowest BCUT2D eigenvalue weighted by atomic mass is 9.77. The molecular formula is C20H17FN2O3. The number of hydrogen-bond donors (Lipinski definition) is 1. The first kappa shape index (κ1) is 14.6. The van der Waals surface area contributed by atoms with Crippen molar-refractivity contribution in [2.45, 2.75) is 19.8 Å². The number of nitrogens with one attached hydrogen (secondary N) is 1.